The SMILES string of the molecule is Fc1cc(F)c(F)c(CC2CCCNC2)c1. The summed E-state index contributed by atoms with van der Waals surface area (Å²) in [5.74, 6) is -2.45. The summed E-state index contributed by atoms with van der Waals surface area (Å²) in [6.07, 6.45) is 2.40. The van der Waals surface area contributed by atoms with Gasteiger partial charge in [0.15, 0.2) is 11.6 Å². The molecule has 1 nitrogen and oxygen atoms in total. The van der Waals surface area contributed by atoms with Crippen molar-refractivity contribution in [3.05, 3.63) is 35.1 Å². The highest BCUT2D eigenvalue weighted by atomic mass is 19.2. The van der Waals surface area contributed by atoms with Crippen molar-refractivity contribution in [2.24, 2.45) is 5.92 Å². The molecule has 0 spiro atoms. The van der Waals surface area contributed by atoms with Gasteiger partial charge in [0, 0.05) is 6.07 Å². The Balaban J connectivity index is 2.13. The summed E-state index contributed by atoms with van der Waals surface area (Å²) < 4.78 is 39.3. The lowest BCUT2D eigenvalue weighted by molar-refractivity contribution is 0.368. The third kappa shape index (κ3) is 2.55. The molecule has 1 aliphatic heterocycles. The van der Waals surface area contributed by atoms with Gasteiger partial charge in [-0.15, -0.1) is 0 Å². The fourth-order valence-corrected chi connectivity index (χ4v) is 2.17. The molecule has 0 saturated carbocycles. The normalized spacial score (nSPS) is 21.1. The zero-order chi connectivity index (χ0) is 11.5. The maximum absolute atomic E-state index is 13.4. The second kappa shape index (κ2) is 4.87. The third-order valence-corrected chi connectivity index (χ3v) is 2.98. The molecule has 1 saturated heterocycles. The van der Waals surface area contributed by atoms with Gasteiger partial charge >= 0.3 is 0 Å². The minimum absolute atomic E-state index is 0.145. The van der Waals surface area contributed by atoms with E-state index in [1.165, 1.54) is 0 Å². The van der Waals surface area contributed by atoms with Crippen LogP contribution in [0, 0.1) is 23.4 Å². The molecule has 1 aliphatic rings. The van der Waals surface area contributed by atoms with Crippen molar-refractivity contribution in [2.45, 2.75) is 19.3 Å². The molecule has 1 heterocycles. The molecule has 1 aromatic rings. The second-order valence-corrected chi connectivity index (χ2v) is 4.28. The van der Waals surface area contributed by atoms with Gasteiger partial charge in [-0.05, 0) is 49.9 Å². The lowest BCUT2D eigenvalue weighted by atomic mass is 9.92. The summed E-state index contributed by atoms with van der Waals surface area (Å²) in [6, 6.07) is 1.67. The van der Waals surface area contributed by atoms with E-state index in [2.05, 4.69) is 5.32 Å². The first kappa shape index (κ1) is 11.5. The van der Waals surface area contributed by atoms with Crippen LogP contribution < -0.4 is 5.32 Å². The highest BCUT2D eigenvalue weighted by Gasteiger charge is 2.18. The van der Waals surface area contributed by atoms with Crippen LogP contribution in [-0.4, -0.2) is 13.1 Å². The van der Waals surface area contributed by atoms with E-state index in [-0.39, 0.29) is 11.5 Å². The number of piperidine rings is 1. The summed E-state index contributed by atoms with van der Waals surface area (Å²) in [4.78, 5) is 0. The quantitative estimate of drug-likeness (QED) is 0.769. The molecule has 0 bridgehead atoms. The van der Waals surface area contributed by atoms with Crippen molar-refractivity contribution in [1.29, 1.82) is 0 Å². The monoisotopic (exact) mass is 229 g/mol. The fourth-order valence-electron chi connectivity index (χ4n) is 2.17. The first-order valence-electron chi connectivity index (χ1n) is 5.51. The van der Waals surface area contributed by atoms with Gasteiger partial charge in [0.1, 0.15) is 5.82 Å². The van der Waals surface area contributed by atoms with Crippen molar-refractivity contribution in [2.75, 3.05) is 13.1 Å². The fraction of sp³-hybridized carbons (Fsp3) is 0.500. The van der Waals surface area contributed by atoms with Gasteiger partial charge in [0.05, 0.1) is 0 Å². The third-order valence-electron chi connectivity index (χ3n) is 2.98. The molecular formula is C12H14F3N. The highest BCUT2D eigenvalue weighted by molar-refractivity contribution is 5.21. The van der Waals surface area contributed by atoms with Crippen LogP contribution in [-0.2, 0) is 6.42 Å². The Morgan fingerprint density at radius 1 is 1.25 bits per heavy atom. The lowest BCUT2D eigenvalue weighted by Gasteiger charge is -2.22. The van der Waals surface area contributed by atoms with Gasteiger partial charge < -0.3 is 5.32 Å². The van der Waals surface area contributed by atoms with Crippen LogP contribution in [0.25, 0.3) is 0 Å². The number of rotatable bonds is 2. The molecule has 1 unspecified atom stereocenters. The average Bonchev–Trinajstić information content (AvgIpc) is 2.27. The maximum Gasteiger partial charge on any atom is 0.162 e. The Kier molecular flexibility index (Phi) is 3.49. The molecule has 1 N–H and O–H groups in total. The summed E-state index contributed by atoms with van der Waals surface area (Å²) in [5, 5.41) is 3.19. The van der Waals surface area contributed by atoms with Crippen LogP contribution in [0.15, 0.2) is 12.1 Å². The van der Waals surface area contributed by atoms with Crippen molar-refractivity contribution in [3.8, 4) is 0 Å². The van der Waals surface area contributed by atoms with Crippen molar-refractivity contribution < 1.29 is 13.2 Å². The first-order chi connectivity index (χ1) is 7.66. The topological polar surface area (TPSA) is 12.0 Å². The standard InChI is InChI=1S/C12H14F3N/c13-10-5-9(12(15)11(14)6-10)4-8-2-1-3-16-7-8/h5-6,8,16H,1-4,7H2. The van der Waals surface area contributed by atoms with E-state index < -0.39 is 17.5 Å². The molecule has 88 valence electrons. The molecule has 1 atom stereocenters. The van der Waals surface area contributed by atoms with E-state index in [1.54, 1.807) is 0 Å². The minimum Gasteiger partial charge on any atom is -0.316 e. The maximum atomic E-state index is 13.4. The molecule has 2 rings (SSSR count). The first-order valence-corrected chi connectivity index (χ1v) is 5.51. The molecule has 0 aliphatic carbocycles. The van der Waals surface area contributed by atoms with E-state index in [1.807, 2.05) is 0 Å². The van der Waals surface area contributed by atoms with E-state index in [9.17, 15) is 13.2 Å². The van der Waals surface area contributed by atoms with E-state index >= 15 is 0 Å². The van der Waals surface area contributed by atoms with Crippen molar-refractivity contribution in [3.63, 3.8) is 0 Å². The van der Waals surface area contributed by atoms with Crippen molar-refractivity contribution >= 4 is 0 Å². The second-order valence-electron chi connectivity index (χ2n) is 4.28. The predicted octanol–water partition coefficient (Wildman–Crippen LogP) is 2.65. The zero-order valence-electron chi connectivity index (χ0n) is 8.90. The lowest BCUT2D eigenvalue weighted by Crippen LogP contribution is -2.31. The number of hydrogen-bond acceptors (Lipinski definition) is 1. The Morgan fingerprint density at radius 2 is 2.06 bits per heavy atom. The molecule has 4 heteroatoms. The number of benzene rings is 1. The molecule has 1 aromatic carbocycles. The summed E-state index contributed by atoms with van der Waals surface area (Å²) >= 11 is 0. The van der Waals surface area contributed by atoms with E-state index in [0.29, 0.717) is 12.5 Å². The smallest absolute Gasteiger partial charge is 0.162 e. The molecule has 1 fully saturated rings. The highest BCUT2D eigenvalue weighted by Crippen LogP contribution is 2.21. The Labute approximate surface area is 92.7 Å². The molecule has 0 radical (unpaired) electrons. The van der Waals surface area contributed by atoms with Gasteiger partial charge in [-0.3, -0.25) is 0 Å². The Bertz CT molecular complexity index is 373. The molecule has 0 aromatic heterocycles. The van der Waals surface area contributed by atoms with Crippen LogP contribution in [0.5, 0.6) is 0 Å². The summed E-state index contributed by atoms with van der Waals surface area (Å²) in [7, 11) is 0. The molecule has 16 heavy (non-hydrogen) atoms. The van der Waals surface area contributed by atoms with E-state index in [4.69, 9.17) is 0 Å². The van der Waals surface area contributed by atoms with Crippen molar-refractivity contribution in [1.82, 2.24) is 5.32 Å². The van der Waals surface area contributed by atoms with Crippen LogP contribution in [0.4, 0.5) is 13.2 Å². The Hall–Kier alpha value is -1.03. The zero-order valence-corrected chi connectivity index (χ0v) is 8.90. The number of nitrogens with one attached hydrogen (secondary N) is 1. The largest absolute Gasteiger partial charge is 0.316 e. The van der Waals surface area contributed by atoms with Gasteiger partial charge in [-0.25, -0.2) is 13.2 Å². The molecule has 0 amide bonds. The van der Waals surface area contributed by atoms with Crippen LogP contribution in [0.2, 0.25) is 0 Å². The molecular weight excluding hydrogens is 215 g/mol. The van der Waals surface area contributed by atoms with Gasteiger partial charge in [-0.2, -0.15) is 0 Å². The average molecular weight is 229 g/mol. The predicted molar refractivity (Wildman–Crippen MR) is 55.6 cm³/mol. The van der Waals surface area contributed by atoms with Gasteiger partial charge in [0.2, 0.25) is 0 Å². The summed E-state index contributed by atoms with van der Waals surface area (Å²) in [6.45, 7) is 1.76. The number of hydrogen-bond donors (Lipinski definition) is 1. The van der Waals surface area contributed by atoms with Gasteiger partial charge in [0.25, 0.3) is 0 Å². The van der Waals surface area contributed by atoms with Gasteiger partial charge in [-0.1, -0.05) is 0 Å². The van der Waals surface area contributed by atoms with Crippen LogP contribution >= 0.6 is 0 Å². The van der Waals surface area contributed by atoms with E-state index in [0.717, 1.165) is 32.0 Å². The minimum atomic E-state index is -1.10. The van der Waals surface area contributed by atoms with Crippen LogP contribution in [0.1, 0.15) is 18.4 Å². The Morgan fingerprint density at radius 3 is 2.75 bits per heavy atom. The van der Waals surface area contributed by atoms with Crippen LogP contribution in [0.3, 0.4) is 0 Å². The number of halogens is 3. The summed E-state index contributed by atoms with van der Waals surface area (Å²) in [5.41, 5.74) is 0.145.